The summed E-state index contributed by atoms with van der Waals surface area (Å²) in [5.74, 6) is 0. The highest BCUT2D eigenvalue weighted by atomic mass is 35.5. The molecule has 0 aromatic rings. The van der Waals surface area contributed by atoms with Crippen molar-refractivity contribution in [2.75, 3.05) is 0 Å². The van der Waals surface area contributed by atoms with E-state index in [1.165, 1.54) is 10.4 Å². The maximum atomic E-state index is 5.79. The fourth-order valence-corrected chi connectivity index (χ4v) is 2.00. The number of halogens is 1. The Morgan fingerprint density at radius 3 is 2.90 bits per heavy atom. The summed E-state index contributed by atoms with van der Waals surface area (Å²) in [6.45, 7) is 0. The van der Waals surface area contributed by atoms with Gasteiger partial charge in [-0.1, -0.05) is 29.8 Å². The zero-order valence-corrected chi connectivity index (χ0v) is 6.75. The van der Waals surface area contributed by atoms with E-state index in [4.69, 9.17) is 11.6 Å². The largest absolute Gasteiger partial charge is 0.123 e. The molecule has 0 nitrogen and oxygen atoms in total. The third-order valence-corrected chi connectivity index (χ3v) is 2.69. The van der Waals surface area contributed by atoms with E-state index in [0.717, 1.165) is 4.34 Å². The Balaban J connectivity index is 2.75. The first-order valence-corrected chi connectivity index (χ1v) is 4.20. The highest BCUT2D eigenvalue weighted by Gasteiger charge is 2.00. The third kappa shape index (κ3) is 0.917. The van der Waals surface area contributed by atoms with Gasteiger partial charge in [0.25, 0.3) is 0 Å². The Labute approximate surface area is 68.4 Å². The Morgan fingerprint density at radius 2 is 2.00 bits per heavy atom. The summed E-state index contributed by atoms with van der Waals surface area (Å²) < 4.78 is 0.846. The van der Waals surface area contributed by atoms with E-state index < -0.39 is 0 Å². The van der Waals surface area contributed by atoms with E-state index >= 15 is 0 Å². The maximum absolute atomic E-state index is 5.79. The lowest BCUT2D eigenvalue weighted by Crippen LogP contribution is -1.65. The molecular formula is C8H5ClS. The lowest BCUT2D eigenvalue weighted by Gasteiger charge is -1.95. The lowest BCUT2D eigenvalue weighted by molar-refractivity contribution is 1.85. The van der Waals surface area contributed by atoms with Crippen LogP contribution >= 0.6 is 22.9 Å². The van der Waals surface area contributed by atoms with Crippen molar-refractivity contribution >= 4 is 22.9 Å². The fraction of sp³-hybridized carbons (Fsp3) is 0. The molecule has 0 spiro atoms. The predicted octanol–water partition coefficient (Wildman–Crippen LogP) is 3.51. The SMILES string of the molecule is Clc1ccc2cccc-2s1. The lowest BCUT2D eigenvalue weighted by atomic mass is 10.3. The minimum atomic E-state index is 0.846. The van der Waals surface area contributed by atoms with E-state index in [9.17, 15) is 0 Å². The second kappa shape index (κ2) is 2.26. The molecule has 50 valence electrons. The zero-order chi connectivity index (χ0) is 6.97. The molecule has 1 aliphatic carbocycles. The summed E-state index contributed by atoms with van der Waals surface area (Å²) in [6, 6.07) is 10.2. The van der Waals surface area contributed by atoms with Gasteiger partial charge in [-0.15, -0.1) is 11.3 Å². The molecule has 0 aromatic heterocycles. The Kier molecular flexibility index (Phi) is 1.40. The molecule has 2 aliphatic rings. The standard InChI is InChI=1S/C8H5ClS/c9-8-5-4-6-2-1-3-7(6)10-8/h1-5H. The quantitative estimate of drug-likeness (QED) is 0.565. The van der Waals surface area contributed by atoms with E-state index in [1.807, 2.05) is 18.2 Å². The second-order valence-electron chi connectivity index (χ2n) is 2.08. The van der Waals surface area contributed by atoms with Crippen LogP contribution in [0.4, 0.5) is 0 Å². The van der Waals surface area contributed by atoms with Crippen LogP contribution in [-0.2, 0) is 0 Å². The summed E-state index contributed by atoms with van der Waals surface area (Å²) in [6.07, 6.45) is 0. The molecule has 2 rings (SSSR count). The second-order valence-corrected chi connectivity index (χ2v) is 3.80. The van der Waals surface area contributed by atoms with Crippen molar-refractivity contribution in [3.63, 3.8) is 0 Å². The molecule has 0 atom stereocenters. The highest BCUT2D eigenvalue weighted by molar-refractivity contribution is 7.19. The van der Waals surface area contributed by atoms with Gasteiger partial charge in [-0.3, -0.25) is 0 Å². The first-order chi connectivity index (χ1) is 4.86. The Hall–Kier alpha value is -0.530. The third-order valence-electron chi connectivity index (χ3n) is 1.41. The van der Waals surface area contributed by atoms with Crippen molar-refractivity contribution in [1.29, 1.82) is 0 Å². The number of fused-ring (bicyclic) bond motifs is 1. The summed E-state index contributed by atoms with van der Waals surface area (Å²) in [4.78, 5) is 1.26. The molecule has 0 aromatic carbocycles. The summed E-state index contributed by atoms with van der Waals surface area (Å²) >= 11 is 7.41. The molecule has 10 heavy (non-hydrogen) atoms. The summed E-state index contributed by atoms with van der Waals surface area (Å²) in [5, 5.41) is 0. The average Bonchev–Trinajstić information content (AvgIpc) is 2.33. The van der Waals surface area contributed by atoms with Gasteiger partial charge >= 0.3 is 0 Å². The molecule has 2 heteroatoms. The molecule has 1 aliphatic heterocycles. The first-order valence-electron chi connectivity index (χ1n) is 3.00. The summed E-state index contributed by atoms with van der Waals surface area (Å²) in [5.41, 5.74) is 1.27. The molecule has 1 heterocycles. The topological polar surface area (TPSA) is 0 Å². The van der Waals surface area contributed by atoms with Crippen LogP contribution in [0.5, 0.6) is 0 Å². The molecule has 0 amide bonds. The molecule has 0 fully saturated rings. The molecular weight excluding hydrogens is 164 g/mol. The number of hydrogen-bond acceptors (Lipinski definition) is 1. The average molecular weight is 169 g/mol. The monoisotopic (exact) mass is 168 g/mol. The van der Waals surface area contributed by atoms with Gasteiger partial charge in [0.15, 0.2) is 0 Å². The molecule has 0 saturated carbocycles. The Bertz CT molecular complexity index is 313. The Morgan fingerprint density at radius 1 is 1.10 bits per heavy atom. The van der Waals surface area contributed by atoms with Gasteiger partial charge in [-0.05, 0) is 17.7 Å². The van der Waals surface area contributed by atoms with Crippen molar-refractivity contribution in [1.82, 2.24) is 0 Å². The van der Waals surface area contributed by atoms with Gasteiger partial charge in [0.2, 0.25) is 0 Å². The van der Waals surface area contributed by atoms with Crippen molar-refractivity contribution < 1.29 is 0 Å². The van der Waals surface area contributed by atoms with Crippen molar-refractivity contribution in [2.24, 2.45) is 0 Å². The van der Waals surface area contributed by atoms with Crippen molar-refractivity contribution in [3.05, 3.63) is 34.7 Å². The van der Waals surface area contributed by atoms with E-state index in [2.05, 4.69) is 12.1 Å². The van der Waals surface area contributed by atoms with Crippen LogP contribution in [0, 0.1) is 0 Å². The molecule has 0 saturated heterocycles. The van der Waals surface area contributed by atoms with Gasteiger partial charge in [0, 0.05) is 4.88 Å². The maximum Gasteiger partial charge on any atom is 0.0934 e. The smallest absolute Gasteiger partial charge is 0.0934 e. The van der Waals surface area contributed by atoms with Gasteiger partial charge in [-0.2, -0.15) is 0 Å². The van der Waals surface area contributed by atoms with Gasteiger partial charge in [0.1, 0.15) is 0 Å². The van der Waals surface area contributed by atoms with Crippen LogP contribution in [0.2, 0.25) is 4.34 Å². The van der Waals surface area contributed by atoms with Crippen LogP contribution in [0.15, 0.2) is 30.3 Å². The first kappa shape index (κ1) is 6.20. The van der Waals surface area contributed by atoms with E-state index in [-0.39, 0.29) is 0 Å². The molecule has 0 N–H and O–H groups in total. The normalized spacial score (nSPS) is 10.5. The van der Waals surface area contributed by atoms with Gasteiger partial charge < -0.3 is 0 Å². The van der Waals surface area contributed by atoms with Crippen molar-refractivity contribution in [3.8, 4) is 10.4 Å². The molecule has 0 unspecified atom stereocenters. The highest BCUT2D eigenvalue weighted by Crippen LogP contribution is 2.31. The summed E-state index contributed by atoms with van der Waals surface area (Å²) in [7, 11) is 0. The number of rotatable bonds is 0. The van der Waals surface area contributed by atoms with Crippen LogP contribution in [-0.4, -0.2) is 0 Å². The van der Waals surface area contributed by atoms with Gasteiger partial charge in [-0.25, -0.2) is 0 Å². The van der Waals surface area contributed by atoms with E-state index in [0.29, 0.717) is 0 Å². The fourth-order valence-electron chi connectivity index (χ4n) is 0.943. The number of hydrogen-bond donors (Lipinski definition) is 0. The molecule has 0 bridgehead atoms. The van der Waals surface area contributed by atoms with Crippen molar-refractivity contribution in [2.45, 2.75) is 0 Å². The van der Waals surface area contributed by atoms with Crippen LogP contribution in [0.3, 0.4) is 0 Å². The minimum Gasteiger partial charge on any atom is -0.123 e. The van der Waals surface area contributed by atoms with Crippen LogP contribution < -0.4 is 0 Å². The van der Waals surface area contributed by atoms with Crippen LogP contribution in [0.1, 0.15) is 0 Å². The minimum absolute atomic E-state index is 0.846. The predicted molar refractivity (Wildman–Crippen MR) is 46.0 cm³/mol. The van der Waals surface area contributed by atoms with Gasteiger partial charge in [0.05, 0.1) is 4.34 Å². The van der Waals surface area contributed by atoms with E-state index in [1.54, 1.807) is 11.3 Å². The zero-order valence-electron chi connectivity index (χ0n) is 5.17. The molecule has 0 radical (unpaired) electrons. The van der Waals surface area contributed by atoms with Crippen LogP contribution in [0.25, 0.3) is 10.4 Å².